The van der Waals surface area contributed by atoms with Crippen molar-refractivity contribution < 1.29 is 9.53 Å². The van der Waals surface area contributed by atoms with Crippen LogP contribution in [0.1, 0.15) is 20.3 Å². The van der Waals surface area contributed by atoms with Crippen LogP contribution >= 0.6 is 0 Å². The molecule has 2 aromatic rings. The van der Waals surface area contributed by atoms with E-state index < -0.39 is 0 Å². The van der Waals surface area contributed by atoms with Gasteiger partial charge in [0.15, 0.2) is 5.65 Å². The van der Waals surface area contributed by atoms with Crippen molar-refractivity contribution >= 4 is 22.8 Å². The van der Waals surface area contributed by atoms with Gasteiger partial charge in [0.2, 0.25) is 5.91 Å². The van der Waals surface area contributed by atoms with Crippen LogP contribution in [0, 0.1) is 5.92 Å². The van der Waals surface area contributed by atoms with E-state index in [1.54, 1.807) is 10.9 Å². The van der Waals surface area contributed by atoms with Gasteiger partial charge in [-0.25, -0.2) is 14.6 Å². The molecular formula is C16H24N6O2. The first kappa shape index (κ1) is 16.6. The summed E-state index contributed by atoms with van der Waals surface area (Å²) < 4.78 is 7.02. The Morgan fingerprint density at radius 2 is 2.12 bits per heavy atom. The van der Waals surface area contributed by atoms with Gasteiger partial charge >= 0.3 is 0 Å². The fraction of sp³-hybridized carbons (Fsp3) is 0.625. The minimum absolute atomic E-state index is 0.0489. The molecule has 0 aliphatic carbocycles. The lowest BCUT2D eigenvalue weighted by Gasteiger charge is -2.27. The van der Waals surface area contributed by atoms with Gasteiger partial charge in [0.1, 0.15) is 18.7 Å². The zero-order valence-electron chi connectivity index (χ0n) is 14.2. The van der Waals surface area contributed by atoms with Crippen molar-refractivity contribution in [2.75, 3.05) is 37.7 Å². The molecule has 24 heavy (non-hydrogen) atoms. The molecule has 3 heterocycles. The highest BCUT2D eigenvalue weighted by molar-refractivity contribution is 5.87. The third-order valence-electron chi connectivity index (χ3n) is 4.06. The van der Waals surface area contributed by atoms with Crippen LogP contribution in [-0.2, 0) is 16.1 Å². The van der Waals surface area contributed by atoms with Crippen LogP contribution in [0.5, 0.6) is 0 Å². The van der Waals surface area contributed by atoms with Gasteiger partial charge in [-0.3, -0.25) is 4.79 Å². The highest BCUT2D eigenvalue weighted by atomic mass is 16.5. The van der Waals surface area contributed by atoms with Crippen LogP contribution in [0.15, 0.2) is 12.5 Å². The molecule has 1 N–H and O–H groups in total. The molecule has 2 aromatic heterocycles. The second-order valence-electron chi connectivity index (χ2n) is 6.37. The van der Waals surface area contributed by atoms with Crippen molar-refractivity contribution in [1.29, 1.82) is 0 Å². The molecule has 3 rings (SSSR count). The topological polar surface area (TPSA) is 85.2 Å². The fourth-order valence-electron chi connectivity index (χ4n) is 2.72. The number of nitrogens with one attached hydrogen (secondary N) is 1. The van der Waals surface area contributed by atoms with Crippen molar-refractivity contribution in [2.24, 2.45) is 5.92 Å². The Balaban J connectivity index is 1.72. The number of hydrogen-bond acceptors (Lipinski definition) is 6. The van der Waals surface area contributed by atoms with Gasteiger partial charge in [-0.1, -0.05) is 13.8 Å². The molecule has 0 saturated carbocycles. The summed E-state index contributed by atoms with van der Waals surface area (Å²) >= 11 is 0. The molecule has 0 aromatic carbocycles. The van der Waals surface area contributed by atoms with Crippen LogP contribution < -0.4 is 10.2 Å². The van der Waals surface area contributed by atoms with E-state index in [0.29, 0.717) is 31.3 Å². The Hall–Kier alpha value is -2.22. The van der Waals surface area contributed by atoms with Crippen LogP contribution in [0.4, 0.5) is 5.82 Å². The number of anilines is 1. The Bertz CT molecular complexity index is 693. The predicted octanol–water partition coefficient (Wildman–Crippen LogP) is 0.825. The third kappa shape index (κ3) is 3.81. The number of fused-ring (bicyclic) bond motifs is 1. The largest absolute Gasteiger partial charge is 0.378 e. The maximum Gasteiger partial charge on any atom is 0.241 e. The molecule has 1 amide bonds. The molecule has 1 aliphatic rings. The normalized spacial score (nSPS) is 15.2. The van der Waals surface area contributed by atoms with Gasteiger partial charge in [0, 0.05) is 19.6 Å². The highest BCUT2D eigenvalue weighted by Crippen LogP contribution is 2.23. The Morgan fingerprint density at radius 3 is 2.88 bits per heavy atom. The number of ether oxygens (including phenoxy) is 1. The van der Waals surface area contributed by atoms with Crippen LogP contribution in [-0.4, -0.2) is 58.5 Å². The van der Waals surface area contributed by atoms with Crippen LogP contribution in [0.3, 0.4) is 0 Å². The number of nitrogens with zero attached hydrogens (tertiary/aromatic N) is 5. The second kappa shape index (κ2) is 7.57. The smallest absolute Gasteiger partial charge is 0.241 e. The minimum Gasteiger partial charge on any atom is -0.378 e. The molecule has 0 radical (unpaired) electrons. The Morgan fingerprint density at radius 1 is 1.33 bits per heavy atom. The zero-order chi connectivity index (χ0) is 16.9. The lowest BCUT2D eigenvalue weighted by atomic mass is 10.1. The average Bonchev–Trinajstić information content (AvgIpc) is 2.98. The molecule has 0 unspecified atom stereocenters. The molecule has 0 bridgehead atoms. The standard InChI is InChI=1S/C16H24N6O2/c1-12(2)3-4-17-14(23)10-22-16-13(9-20-22)15(18-11-19-16)21-5-7-24-8-6-21/h9,11-12H,3-8,10H2,1-2H3,(H,17,23). The maximum absolute atomic E-state index is 12.1. The van der Waals surface area contributed by atoms with E-state index in [-0.39, 0.29) is 12.5 Å². The van der Waals surface area contributed by atoms with E-state index in [9.17, 15) is 4.79 Å². The molecule has 1 fully saturated rings. The van der Waals surface area contributed by atoms with Gasteiger partial charge in [-0.2, -0.15) is 5.10 Å². The SMILES string of the molecule is CC(C)CCNC(=O)Cn1ncc2c(N3CCOCC3)ncnc21. The first-order valence-corrected chi connectivity index (χ1v) is 8.41. The van der Waals surface area contributed by atoms with E-state index >= 15 is 0 Å². The van der Waals surface area contributed by atoms with E-state index in [1.165, 1.54) is 6.33 Å². The number of morpholine rings is 1. The average molecular weight is 332 g/mol. The number of amides is 1. The third-order valence-corrected chi connectivity index (χ3v) is 4.06. The zero-order valence-corrected chi connectivity index (χ0v) is 14.2. The van der Waals surface area contributed by atoms with Crippen molar-refractivity contribution in [1.82, 2.24) is 25.1 Å². The van der Waals surface area contributed by atoms with E-state index in [1.807, 2.05) is 0 Å². The summed E-state index contributed by atoms with van der Waals surface area (Å²) in [5.74, 6) is 1.38. The number of carbonyl (C=O) groups excluding carboxylic acids is 1. The number of hydrogen-bond donors (Lipinski definition) is 1. The summed E-state index contributed by atoms with van der Waals surface area (Å²) in [6.07, 6.45) is 4.23. The summed E-state index contributed by atoms with van der Waals surface area (Å²) in [5, 5.41) is 8.12. The monoisotopic (exact) mass is 332 g/mol. The van der Waals surface area contributed by atoms with Crippen molar-refractivity contribution in [3.63, 3.8) is 0 Å². The molecule has 8 nitrogen and oxygen atoms in total. The highest BCUT2D eigenvalue weighted by Gasteiger charge is 2.18. The van der Waals surface area contributed by atoms with Crippen LogP contribution in [0.25, 0.3) is 11.0 Å². The summed E-state index contributed by atoms with van der Waals surface area (Å²) in [4.78, 5) is 23.0. The maximum atomic E-state index is 12.1. The van der Waals surface area contributed by atoms with E-state index in [2.05, 4.69) is 39.1 Å². The lowest BCUT2D eigenvalue weighted by molar-refractivity contribution is -0.121. The van der Waals surface area contributed by atoms with E-state index in [0.717, 1.165) is 30.7 Å². The van der Waals surface area contributed by atoms with Gasteiger partial charge in [0.05, 0.1) is 24.8 Å². The van der Waals surface area contributed by atoms with Crippen molar-refractivity contribution in [3.05, 3.63) is 12.5 Å². The van der Waals surface area contributed by atoms with Gasteiger partial charge < -0.3 is 15.0 Å². The predicted molar refractivity (Wildman–Crippen MR) is 90.8 cm³/mol. The van der Waals surface area contributed by atoms with Gasteiger partial charge in [-0.05, 0) is 12.3 Å². The summed E-state index contributed by atoms with van der Waals surface area (Å²) in [6.45, 7) is 8.11. The quantitative estimate of drug-likeness (QED) is 0.843. The van der Waals surface area contributed by atoms with Gasteiger partial charge in [0.25, 0.3) is 0 Å². The second-order valence-corrected chi connectivity index (χ2v) is 6.37. The number of rotatable bonds is 6. The molecule has 0 atom stereocenters. The summed E-state index contributed by atoms with van der Waals surface area (Å²) in [7, 11) is 0. The first-order chi connectivity index (χ1) is 11.6. The summed E-state index contributed by atoms with van der Waals surface area (Å²) in [6, 6.07) is 0. The summed E-state index contributed by atoms with van der Waals surface area (Å²) in [5.41, 5.74) is 0.686. The molecule has 1 saturated heterocycles. The fourth-order valence-corrected chi connectivity index (χ4v) is 2.72. The number of carbonyl (C=O) groups is 1. The number of aromatic nitrogens is 4. The van der Waals surface area contributed by atoms with E-state index in [4.69, 9.17) is 4.74 Å². The molecule has 130 valence electrons. The molecule has 8 heteroatoms. The Kier molecular flexibility index (Phi) is 5.24. The van der Waals surface area contributed by atoms with Crippen molar-refractivity contribution in [3.8, 4) is 0 Å². The molecule has 0 spiro atoms. The lowest BCUT2D eigenvalue weighted by Crippen LogP contribution is -2.36. The first-order valence-electron chi connectivity index (χ1n) is 8.41. The minimum atomic E-state index is -0.0489. The van der Waals surface area contributed by atoms with Gasteiger partial charge in [-0.15, -0.1) is 0 Å². The Labute approximate surface area is 141 Å². The van der Waals surface area contributed by atoms with Crippen LogP contribution in [0.2, 0.25) is 0 Å². The molecule has 1 aliphatic heterocycles. The van der Waals surface area contributed by atoms with Crippen molar-refractivity contribution in [2.45, 2.75) is 26.8 Å². The molecular weight excluding hydrogens is 308 g/mol.